The summed E-state index contributed by atoms with van der Waals surface area (Å²) in [5.74, 6) is 0. The van der Waals surface area contributed by atoms with Gasteiger partial charge in [0.25, 0.3) is 0 Å². The van der Waals surface area contributed by atoms with E-state index in [0.717, 1.165) is 34.3 Å². The average Bonchev–Trinajstić information content (AvgIpc) is 2.67. The first-order valence-electron chi connectivity index (χ1n) is 6.32. The normalized spacial score (nSPS) is 10.7. The lowest BCUT2D eigenvalue weighted by Gasteiger charge is -2.21. The summed E-state index contributed by atoms with van der Waals surface area (Å²) in [5, 5.41) is 5.16. The van der Waals surface area contributed by atoms with Crippen LogP contribution in [0.4, 0.5) is 11.4 Å². The van der Waals surface area contributed by atoms with Crippen molar-refractivity contribution in [3.05, 3.63) is 40.7 Å². The van der Waals surface area contributed by atoms with Gasteiger partial charge in [-0.05, 0) is 26.0 Å². The Labute approximate surface area is 118 Å². The molecule has 1 aromatic carbocycles. The fourth-order valence-electron chi connectivity index (χ4n) is 2.17. The van der Waals surface area contributed by atoms with E-state index in [1.54, 1.807) is 0 Å². The predicted molar refractivity (Wildman–Crippen MR) is 80.6 cm³/mol. The highest BCUT2D eigenvalue weighted by Crippen LogP contribution is 2.26. The summed E-state index contributed by atoms with van der Waals surface area (Å²) in [6.07, 6.45) is 0. The lowest BCUT2D eigenvalue weighted by atomic mass is 10.2. The topological polar surface area (TPSA) is 47.1 Å². The molecule has 102 valence electrons. The summed E-state index contributed by atoms with van der Waals surface area (Å²) in [5.41, 5.74) is 9.65. The van der Waals surface area contributed by atoms with Crippen molar-refractivity contribution in [1.82, 2.24) is 9.78 Å². The number of nitrogen functional groups attached to an aromatic ring is 1. The van der Waals surface area contributed by atoms with Crippen LogP contribution in [0, 0.1) is 6.92 Å². The van der Waals surface area contributed by atoms with Crippen molar-refractivity contribution in [2.45, 2.75) is 26.9 Å². The largest absolute Gasteiger partial charge is 0.397 e. The van der Waals surface area contributed by atoms with Crippen LogP contribution < -0.4 is 10.6 Å². The Hall–Kier alpha value is -1.68. The van der Waals surface area contributed by atoms with E-state index in [2.05, 4.69) is 16.9 Å². The zero-order valence-corrected chi connectivity index (χ0v) is 12.3. The monoisotopic (exact) mass is 278 g/mol. The number of aryl methyl sites for hydroxylation is 2. The fraction of sp³-hybridized carbons (Fsp3) is 0.357. The summed E-state index contributed by atoms with van der Waals surface area (Å²) >= 11 is 6.32. The first kappa shape index (κ1) is 13.7. The molecule has 0 aliphatic rings. The average molecular weight is 279 g/mol. The van der Waals surface area contributed by atoms with Crippen LogP contribution in [0.3, 0.4) is 0 Å². The molecule has 2 N–H and O–H groups in total. The van der Waals surface area contributed by atoms with E-state index >= 15 is 0 Å². The minimum Gasteiger partial charge on any atom is -0.397 e. The summed E-state index contributed by atoms with van der Waals surface area (Å²) in [4.78, 5) is 2.09. The summed E-state index contributed by atoms with van der Waals surface area (Å²) < 4.78 is 1.94. The summed E-state index contributed by atoms with van der Waals surface area (Å²) in [6.45, 7) is 5.47. The van der Waals surface area contributed by atoms with Gasteiger partial charge in [0.1, 0.15) is 0 Å². The van der Waals surface area contributed by atoms with Crippen molar-refractivity contribution in [3.8, 4) is 0 Å². The number of hydrogen-bond donors (Lipinski definition) is 1. The number of nitrogens with two attached hydrogens (primary N) is 1. The lowest BCUT2D eigenvalue weighted by Crippen LogP contribution is -2.20. The Bertz CT molecular complexity index is 577. The van der Waals surface area contributed by atoms with Gasteiger partial charge in [-0.1, -0.05) is 23.7 Å². The zero-order valence-electron chi connectivity index (χ0n) is 11.5. The van der Waals surface area contributed by atoms with Crippen LogP contribution in [-0.2, 0) is 13.1 Å². The van der Waals surface area contributed by atoms with E-state index in [4.69, 9.17) is 17.3 Å². The second-order valence-corrected chi connectivity index (χ2v) is 4.95. The Balaban J connectivity index is 2.29. The molecule has 2 aromatic rings. The zero-order chi connectivity index (χ0) is 14.0. The van der Waals surface area contributed by atoms with Gasteiger partial charge >= 0.3 is 0 Å². The number of halogens is 1. The van der Waals surface area contributed by atoms with E-state index in [0.29, 0.717) is 6.54 Å². The van der Waals surface area contributed by atoms with E-state index < -0.39 is 0 Å². The molecule has 0 spiro atoms. The molecule has 4 nitrogen and oxygen atoms in total. The van der Waals surface area contributed by atoms with Crippen molar-refractivity contribution in [2.75, 3.05) is 17.7 Å². The molecule has 0 amide bonds. The minimum absolute atomic E-state index is 0.682. The molecule has 0 saturated carbocycles. The Morgan fingerprint density at radius 2 is 2.05 bits per heavy atom. The number of rotatable bonds is 4. The molecule has 0 bridgehead atoms. The van der Waals surface area contributed by atoms with Crippen LogP contribution in [0.1, 0.15) is 18.3 Å². The maximum atomic E-state index is 6.32. The molecular formula is C14H19ClN4. The summed E-state index contributed by atoms with van der Waals surface area (Å²) in [7, 11) is 2.00. The molecule has 0 fully saturated rings. The first-order valence-corrected chi connectivity index (χ1v) is 6.69. The van der Waals surface area contributed by atoms with Crippen molar-refractivity contribution in [2.24, 2.45) is 0 Å². The first-order chi connectivity index (χ1) is 9.04. The molecule has 0 aliphatic carbocycles. The molecule has 0 atom stereocenters. The number of hydrogen-bond acceptors (Lipinski definition) is 3. The Kier molecular flexibility index (Phi) is 4.00. The van der Waals surface area contributed by atoms with Gasteiger partial charge in [-0.25, -0.2) is 0 Å². The third-order valence-corrected chi connectivity index (χ3v) is 3.68. The Morgan fingerprint density at radius 1 is 1.37 bits per heavy atom. The van der Waals surface area contributed by atoms with Crippen molar-refractivity contribution in [3.63, 3.8) is 0 Å². The number of benzene rings is 1. The number of aromatic nitrogens is 2. The van der Waals surface area contributed by atoms with Gasteiger partial charge in [-0.2, -0.15) is 5.10 Å². The molecule has 0 radical (unpaired) electrons. The predicted octanol–water partition coefficient (Wildman–Crippen LogP) is 3.08. The van der Waals surface area contributed by atoms with Gasteiger partial charge in [-0.15, -0.1) is 0 Å². The number of para-hydroxylation sites is 2. The minimum atomic E-state index is 0.682. The maximum Gasteiger partial charge on any atom is 0.0865 e. The molecule has 0 aliphatic heterocycles. The van der Waals surface area contributed by atoms with Gasteiger partial charge in [0.05, 0.1) is 34.3 Å². The highest BCUT2D eigenvalue weighted by molar-refractivity contribution is 6.31. The van der Waals surface area contributed by atoms with Gasteiger partial charge in [0, 0.05) is 13.6 Å². The van der Waals surface area contributed by atoms with Crippen LogP contribution >= 0.6 is 11.6 Å². The molecule has 19 heavy (non-hydrogen) atoms. The van der Waals surface area contributed by atoms with Crippen molar-refractivity contribution < 1.29 is 0 Å². The second-order valence-electron chi connectivity index (χ2n) is 4.58. The van der Waals surface area contributed by atoms with E-state index in [1.807, 2.05) is 42.9 Å². The highest BCUT2D eigenvalue weighted by Gasteiger charge is 2.15. The van der Waals surface area contributed by atoms with Crippen LogP contribution in [0.25, 0.3) is 0 Å². The molecule has 0 saturated heterocycles. The Morgan fingerprint density at radius 3 is 2.68 bits per heavy atom. The highest BCUT2D eigenvalue weighted by atomic mass is 35.5. The SMILES string of the molecule is CCn1nc(C)c(Cl)c1CN(C)c1ccccc1N. The smallest absolute Gasteiger partial charge is 0.0865 e. The molecule has 2 rings (SSSR count). The maximum absolute atomic E-state index is 6.32. The van der Waals surface area contributed by atoms with Crippen molar-refractivity contribution >= 4 is 23.0 Å². The van der Waals surface area contributed by atoms with E-state index in [9.17, 15) is 0 Å². The standard InChI is InChI=1S/C14H19ClN4/c1-4-19-13(14(15)10(2)17-19)9-18(3)12-8-6-5-7-11(12)16/h5-8H,4,9,16H2,1-3H3. The van der Waals surface area contributed by atoms with Crippen LogP contribution in [-0.4, -0.2) is 16.8 Å². The molecule has 1 heterocycles. The fourth-order valence-corrected chi connectivity index (χ4v) is 2.36. The molecule has 5 heteroatoms. The van der Waals surface area contributed by atoms with Gasteiger partial charge in [0.2, 0.25) is 0 Å². The van der Waals surface area contributed by atoms with E-state index in [-0.39, 0.29) is 0 Å². The van der Waals surface area contributed by atoms with Gasteiger partial charge in [0.15, 0.2) is 0 Å². The van der Waals surface area contributed by atoms with Crippen molar-refractivity contribution in [1.29, 1.82) is 0 Å². The van der Waals surface area contributed by atoms with Crippen LogP contribution in [0.2, 0.25) is 5.02 Å². The number of anilines is 2. The quantitative estimate of drug-likeness (QED) is 0.875. The van der Waals surface area contributed by atoms with Crippen LogP contribution in [0.5, 0.6) is 0 Å². The summed E-state index contributed by atoms with van der Waals surface area (Å²) in [6, 6.07) is 7.81. The molecule has 1 aromatic heterocycles. The van der Waals surface area contributed by atoms with E-state index in [1.165, 1.54) is 0 Å². The third kappa shape index (κ3) is 2.68. The molecule has 0 unspecified atom stereocenters. The van der Waals surface area contributed by atoms with Gasteiger partial charge in [-0.3, -0.25) is 4.68 Å². The lowest BCUT2D eigenvalue weighted by molar-refractivity contribution is 0.613. The van der Waals surface area contributed by atoms with Crippen LogP contribution in [0.15, 0.2) is 24.3 Å². The number of nitrogens with zero attached hydrogens (tertiary/aromatic N) is 3. The third-order valence-electron chi connectivity index (χ3n) is 3.19. The molecular weight excluding hydrogens is 260 g/mol. The second kappa shape index (κ2) is 5.53. The van der Waals surface area contributed by atoms with Gasteiger partial charge < -0.3 is 10.6 Å².